The summed E-state index contributed by atoms with van der Waals surface area (Å²) in [6.45, 7) is 6.72. The molecule has 144 valence electrons. The van der Waals surface area contributed by atoms with Crippen molar-refractivity contribution >= 4 is 32.8 Å². The molecule has 0 fully saturated rings. The molecule has 5 aromatic rings. The van der Waals surface area contributed by atoms with Crippen molar-refractivity contribution in [2.45, 2.75) is 27.2 Å². The first-order valence-electron chi connectivity index (χ1n) is 10.2. The Hall–Kier alpha value is -3.20. The van der Waals surface area contributed by atoms with Crippen LogP contribution in [-0.2, 0) is 13.5 Å². The Morgan fingerprint density at radius 3 is 2.55 bits per heavy atom. The van der Waals surface area contributed by atoms with Crippen molar-refractivity contribution < 1.29 is 8.98 Å². The topological polar surface area (TPSA) is 29.9 Å². The fourth-order valence-corrected chi connectivity index (χ4v) is 4.48. The molecule has 0 bridgehead atoms. The van der Waals surface area contributed by atoms with Crippen molar-refractivity contribution in [3.8, 4) is 11.3 Å². The van der Waals surface area contributed by atoms with E-state index >= 15 is 0 Å². The van der Waals surface area contributed by atoms with Crippen LogP contribution in [0.3, 0.4) is 0 Å². The van der Waals surface area contributed by atoms with E-state index in [1.807, 2.05) is 6.07 Å². The molecule has 3 heteroatoms. The number of benzene rings is 2. The standard InChI is InChI=1S/C26H25N2O/c1-16(2)14-18-11-13-28(4)22(15-18)23-17(3)19-8-5-6-9-20(19)24-21-10-7-12-27-26(21)29-25(23)24/h5-13,15-16H,14H2,1-4H3/q+1. The van der Waals surface area contributed by atoms with Gasteiger partial charge in [0.05, 0.1) is 5.56 Å². The number of hydrogen-bond acceptors (Lipinski definition) is 2. The molecule has 5 rings (SSSR count). The van der Waals surface area contributed by atoms with Crippen LogP contribution in [-0.4, -0.2) is 4.98 Å². The minimum atomic E-state index is 0.615. The fourth-order valence-electron chi connectivity index (χ4n) is 4.48. The van der Waals surface area contributed by atoms with Gasteiger partial charge in [-0.25, -0.2) is 9.55 Å². The second kappa shape index (κ2) is 6.70. The largest absolute Gasteiger partial charge is 0.437 e. The third kappa shape index (κ3) is 2.80. The van der Waals surface area contributed by atoms with Gasteiger partial charge in [0.1, 0.15) is 7.05 Å². The van der Waals surface area contributed by atoms with Gasteiger partial charge in [0.2, 0.25) is 11.4 Å². The molecule has 2 aromatic carbocycles. The highest BCUT2D eigenvalue weighted by atomic mass is 16.3. The van der Waals surface area contributed by atoms with Gasteiger partial charge in [0, 0.05) is 29.1 Å². The monoisotopic (exact) mass is 381 g/mol. The Balaban J connectivity index is 1.95. The molecule has 0 aliphatic carbocycles. The molecule has 0 radical (unpaired) electrons. The van der Waals surface area contributed by atoms with E-state index in [4.69, 9.17) is 4.42 Å². The molecule has 3 heterocycles. The summed E-state index contributed by atoms with van der Waals surface area (Å²) in [6.07, 6.45) is 5.02. The second-order valence-corrected chi connectivity index (χ2v) is 8.34. The fraction of sp³-hybridized carbons (Fsp3) is 0.231. The molecular weight excluding hydrogens is 356 g/mol. The quantitative estimate of drug-likeness (QED) is 0.352. The zero-order valence-corrected chi connectivity index (χ0v) is 17.4. The molecular formula is C26H25N2O+. The number of furan rings is 1. The highest BCUT2D eigenvalue weighted by molar-refractivity contribution is 6.22. The SMILES string of the molecule is Cc1c(-c2cc(CC(C)C)cc[n+]2C)c2oc3ncccc3c2c2ccccc12. The molecule has 0 saturated carbocycles. The Morgan fingerprint density at radius 2 is 1.76 bits per heavy atom. The number of pyridine rings is 2. The second-order valence-electron chi connectivity index (χ2n) is 8.34. The van der Waals surface area contributed by atoms with Gasteiger partial charge in [-0.3, -0.25) is 0 Å². The van der Waals surface area contributed by atoms with Crippen LogP contribution >= 0.6 is 0 Å². The van der Waals surface area contributed by atoms with Gasteiger partial charge in [0.25, 0.3) is 0 Å². The van der Waals surface area contributed by atoms with Crippen molar-refractivity contribution in [1.29, 1.82) is 0 Å². The van der Waals surface area contributed by atoms with E-state index in [9.17, 15) is 0 Å². The average molecular weight is 381 g/mol. The molecule has 29 heavy (non-hydrogen) atoms. The molecule has 3 nitrogen and oxygen atoms in total. The van der Waals surface area contributed by atoms with Crippen molar-refractivity contribution in [2.24, 2.45) is 13.0 Å². The van der Waals surface area contributed by atoms with Crippen LogP contribution in [0.15, 0.2) is 65.3 Å². The van der Waals surface area contributed by atoms with E-state index in [0.717, 1.165) is 28.3 Å². The van der Waals surface area contributed by atoms with Crippen LogP contribution in [0.2, 0.25) is 0 Å². The molecule has 0 aliphatic rings. The lowest BCUT2D eigenvalue weighted by atomic mass is 9.92. The maximum atomic E-state index is 6.38. The maximum absolute atomic E-state index is 6.38. The van der Waals surface area contributed by atoms with Gasteiger partial charge in [-0.2, -0.15) is 0 Å². The summed E-state index contributed by atoms with van der Waals surface area (Å²) in [7, 11) is 2.11. The van der Waals surface area contributed by atoms with Crippen molar-refractivity contribution in [2.75, 3.05) is 0 Å². The van der Waals surface area contributed by atoms with Crippen LogP contribution < -0.4 is 4.57 Å². The predicted octanol–water partition coefficient (Wildman–Crippen LogP) is 6.13. The number of nitrogens with zero attached hydrogens (tertiary/aromatic N) is 2. The lowest BCUT2D eigenvalue weighted by Gasteiger charge is -2.12. The first kappa shape index (κ1) is 17.9. The number of aryl methyl sites for hydroxylation is 2. The predicted molar refractivity (Wildman–Crippen MR) is 119 cm³/mol. The Bertz CT molecular complexity index is 1380. The van der Waals surface area contributed by atoms with Gasteiger partial charge in [-0.1, -0.05) is 38.1 Å². The lowest BCUT2D eigenvalue weighted by Crippen LogP contribution is -2.31. The third-order valence-corrected chi connectivity index (χ3v) is 5.78. The first-order valence-corrected chi connectivity index (χ1v) is 10.2. The normalized spacial score (nSPS) is 11.9. The van der Waals surface area contributed by atoms with Crippen LogP contribution in [0.4, 0.5) is 0 Å². The van der Waals surface area contributed by atoms with Crippen LogP contribution in [0.1, 0.15) is 25.0 Å². The highest BCUT2D eigenvalue weighted by Gasteiger charge is 2.24. The van der Waals surface area contributed by atoms with E-state index in [1.54, 1.807) is 6.20 Å². The molecule has 0 aliphatic heterocycles. The van der Waals surface area contributed by atoms with E-state index < -0.39 is 0 Å². The lowest BCUT2D eigenvalue weighted by molar-refractivity contribution is -0.660. The molecule has 0 N–H and O–H groups in total. The van der Waals surface area contributed by atoms with Crippen molar-refractivity contribution in [3.05, 3.63) is 72.1 Å². The van der Waals surface area contributed by atoms with Crippen molar-refractivity contribution in [1.82, 2.24) is 4.98 Å². The van der Waals surface area contributed by atoms with E-state index in [1.165, 1.54) is 27.6 Å². The molecule has 0 atom stereocenters. The summed E-state index contributed by atoms with van der Waals surface area (Å²) >= 11 is 0. The Morgan fingerprint density at radius 1 is 1.00 bits per heavy atom. The third-order valence-electron chi connectivity index (χ3n) is 5.78. The summed E-state index contributed by atoms with van der Waals surface area (Å²) < 4.78 is 8.57. The summed E-state index contributed by atoms with van der Waals surface area (Å²) in [5.74, 6) is 0.615. The highest BCUT2D eigenvalue weighted by Crippen LogP contribution is 2.42. The average Bonchev–Trinajstić information content (AvgIpc) is 3.09. The Labute approximate surface area is 170 Å². The molecule has 0 spiro atoms. The molecule has 3 aromatic heterocycles. The number of hydrogen-bond donors (Lipinski definition) is 0. The van der Waals surface area contributed by atoms with E-state index in [2.05, 4.69) is 86.0 Å². The number of fused-ring (bicyclic) bond motifs is 5. The van der Waals surface area contributed by atoms with Gasteiger partial charge in [-0.05, 0) is 53.3 Å². The minimum absolute atomic E-state index is 0.615. The summed E-state index contributed by atoms with van der Waals surface area (Å²) in [6, 6.07) is 17.2. The van der Waals surface area contributed by atoms with Crippen LogP contribution in [0.5, 0.6) is 0 Å². The zero-order valence-electron chi connectivity index (χ0n) is 17.4. The van der Waals surface area contributed by atoms with Gasteiger partial charge in [-0.15, -0.1) is 0 Å². The van der Waals surface area contributed by atoms with Crippen molar-refractivity contribution in [3.63, 3.8) is 0 Å². The number of aromatic nitrogens is 2. The summed E-state index contributed by atoms with van der Waals surface area (Å²) in [4.78, 5) is 4.50. The Kier molecular flexibility index (Phi) is 4.13. The van der Waals surface area contributed by atoms with E-state index in [-0.39, 0.29) is 0 Å². The zero-order chi connectivity index (χ0) is 20.1. The van der Waals surface area contributed by atoms with Crippen LogP contribution in [0, 0.1) is 12.8 Å². The first-order chi connectivity index (χ1) is 14.0. The van der Waals surface area contributed by atoms with Gasteiger partial charge in [0.15, 0.2) is 11.8 Å². The van der Waals surface area contributed by atoms with Crippen LogP contribution in [0.25, 0.3) is 44.1 Å². The molecule has 0 unspecified atom stereocenters. The minimum Gasteiger partial charge on any atom is -0.437 e. The molecule has 0 saturated heterocycles. The summed E-state index contributed by atoms with van der Waals surface area (Å²) in [5.41, 5.74) is 6.54. The number of rotatable bonds is 3. The smallest absolute Gasteiger partial charge is 0.227 e. The molecule has 0 amide bonds. The van der Waals surface area contributed by atoms with E-state index in [0.29, 0.717) is 11.6 Å². The summed E-state index contributed by atoms with van der Waals surface area (Å²) in [5, 5.41) is 4.70. The van der Waals surface area contributed by atoms with Gasteiger partial charge < -0.3 is 4.42 Å². The maximum Gasteiger partial charge on any atom is 0.227 e. The van der Waals surface area contributed by atoms with Gasteiger partial charge >= 0.3 is 0 Å².